The summed E-state index contributed by atoms with van der Waals surface area (Å²) in [7, 11) is 0. The van der Waals surface area contributed by atoms with Gasteiger partial charge in [0.05, 0.1) is 0 Å². The average molecular weight is 264 g/mol. The molecule has 0 saturated carbocycles. The molecule has 0 spiro atoms. The van der Waals surface area contributed by atoms with Crippen molar-refractivity contribution in [2.45, 2.75) is 20.3 Å². The van der Waals surface area contributed by atoms with Gasteiger partial charge in [0.1, 0.15) is 6.61 Å². The minimum Gasteiger partial charge on any atom is -0.480 e. The number of halogens is 4. The molecule has 0 aliphatic carbocycles. The Morgan fingerprint density at radius 1 is 1.17 bits per heavy atom. The van der Waals surface area contributed by atoms with Crippen LogP contribution in [0.3, 0.4) is 0 Å². The highest BCUT2D eigenvalue weighted by Gasteiger charge is 2.21. The van der Waals surface area contributed by atoms with Crippen LogP contribution in [0.5, 0.6) is 5.75 Å². The van der Waals surface area contributed by atoms with Crippen LogP contribution in [0.2, 0.25) is 0 Å². The van der Waals surface area contributed by atoms with Gasteiger partial charge < -0.3 is 4.74 Å². The van der Waals surface area contributed by atoms with Crippen molar-refractivity contribution in [3.63, 3.8) is 0 Å². The van der Waals surface area contributed by atoms with Crippen molar-refractivity contribution in [2.24, 2.45) is 5.92 Å². The SMILES string of the molecule is CC(C)CC(=O)COc1c(F)c(F)cc(F)c1F. The molecule has 1 rings (SSSR count). The fourth-order valence-electron chi connectivity index (χ4n) is 1.34. The molecule has 1 aromatic carbocycles. The van der Waals surface area contributed by atoms with Gasteiger partial charge in [-0.05, 0) is 5.92 Å². The second-order valence-corrected chi connectivity index (χ2v) is 4.22. The molecule has 0 bridgehead atoms. The molecule has 0 heterocycles. The Morgan fingerprint density at radius 3 is 2.11 bits per heavy atom. The first kappa shape index (κ1) is 14.5. The Balaban J connectivity index is 2.82. The van der Waals surface area contributed by atoms with E-state index in [2.05, 4.69) is 4.74 Å². The molecule has 2 nitrogen and oxygen atoms in total. The third-order valence-electron chi connectivity index (χ3n) is 2.08. The largest absolute Gasteiger partial charge is 0.480 e. The van der Waals surface area contributed by atoms with Crippen molar-refractivity contribution in [1.82, 2.24) is 0 Å². The van der Waals surface area contributed by atoms with E-state index in [0.29, 0.717) is 0 Å². The Hall–Kier alpha value is -1.59. The van der Waals surface area contributed by atoms with Crippen molar-refractivity contribution in [2.75, 3.05) is 6.61 Å². The van der Waals surface area contributed by atoms with E-state index in [4.69, 9.17) is 0 Å². The van der Waals surface area contributed by atoms with Gasteiger partial charge in [-0.1, -0.05) is 13.8 Å². The van der Waals surface area contributed by atoms with E-state index in [1.807, 2.05) is 0 Å². The quantitative estimate of drug-likeness (QED) is 0.603. The van der Waals surface area contributed by atoms with E-state index < -0.39 is 41.4 Å². The molecule has 0 N–H and O–H groups in total. The number of carbonyl (C=O) groups excluding carboxylic acids is 1. The second-order valence-electron chi connectivity index (χ2n) is 4.22. The van der Waals surface area contributed by atoms with Crippen molar-refractivity contribution in [3.05, 3.63) is 29.3 Å². The van der Waals surface area contributed by atoms with E-state index in [1.54, 1.807) is 13.8 Å². The lowest BCUT2D eigenvalue weighted by atomic mass is 10.1. The van der Waals surface area contributed by atoms with Gasteiger partial charge >= 0.3 is 0 Å². The summed E-state index contributed by atoms with van der Waals surface area (Å²) in [5.41, 5.74) is 0. The zero-order chi connectivity index (χ0) is 13.9. The number of hydrogen-bond donors (Lipinski definition) is 0. The van der Waals surface area contributed by atoms with Crippen LogP contribution in [0.25, 0.3) is 0 Å². The van der Waals surface area contributed by atoms with Gasteiger partial charge in [0, 0.05) is 12.5 Å². The monoisotopic (exact) mass is 264 g/mol. The number of ketones is 1. The average Bonchev–Trinajstić information content (AvgIpc) is 2.25. The highest BCUT2D eigenvalue weighted by molar-refractivity contribution is 5.80. The minimum absolute atomic E-state index is 0.0556. The predicted molar refractivity (Wildman–Crippen MR) is 56.2 cm³/mol. The summed E-state index contributed by atoms with van der Waals surface area (Å²) in [5, 5.41) is 0. The van der Waals surface area contributed by atoms with Crippen molar-refractivity contribution < 1.29 is 27.1 Å². The highest BCUT2D eigenvalue weighted by atomic mass is 19.2. The lowest BCUT2D eigenvalue weighted by molar-refractivity contribution is -0.121. The smallest absolute Gasteiger partial charge is 0.203 e. The molecule has 18 heavy (non-hydrogen) atoms. The van der Waals surface area contributed by atoms with E-state index in [9.17, 15) is 22.4 Å². The predicted octanol–water partition coefficient (Wildman–Crippen LogP) is 3.24. The molecule has 0 amide bonds. The van der Waals surface area contributed by atoms with Crippen LogP contribution in [-0.4, -0.2) is 12.4 Å². The van der Waals surface area contributed by atoms with E-state index in [0.717, 1.165) is 0 Å². The Bertz CT molecular complexity index is 432. The van der Waals surface area contributed by atoms with Gasteiger partial charge in [-0.2, -0.15) is 8.78 Å². The Morgan fingerprint density at radius 2 is 1.67 bits per heavy atom. The molecule has 0 unspecified atom stereocenters. The summed E-state index contributed by atoms with van der Waals surface area (Å²) in [4.78, 5) is 11.3. The maximum absolute atomic E-state index is 13.1. The third-order valence-corrected chi connectivity index (χ3v) is 2.08. The number of hydrogen-bond acceptors (Lipinski definition) is 2. The van der Waals surface area contributed by atoms with Crippen LogP contribution < -0.4 is 4.74 Å². The molecule has 0 aromatic heterocycles. The number of benzene rings is 1. The van der Waals surface area contributed by atoms with Crippen LogP contribution in [0.4, 0.5) is 17.6 Å². The van der Waals surface area contributed by atoms with Crippen molar-refractivity contribution in [3.8, 4) is 5.75 Å². The summed E-state index contributed by atoms with van der Waals surface area (Å²) in [6, 6.07) is 0.0769. The summed E-state index contributed by atoms with van der Waals surface area (Å²) in [5.74, 6) is -7.99. The molecule has 100 valence electrons. The maximum atomic E-state index is 13.1. The molecule has 0 aliphatic rings. The lowest BCUT2D eigenvalue weighted by Gasteiger charge is -2.09. The van der Waals surface area contributed by atoms with Crippen LogP contribution >= 0.6 is 0 Å². The van der Waals surface area contributed by atoms with Crippen LogP contribution in [0, 0.1) is 29.2 Å². The number of carbonyl (C=O) groups is 1. The summed E-state index contributed by atoms with van der Waals surface area (Å²) in [6.45, 7) is 2.93. The first-order chi connectivity index (χ1) is 8.32. The molecule has 0 saturated heterocycles. The van der Waals surface area contributed by atoms with E-state index >= 15 is 0 Å². The first-order valence-corrected chi connectivity index (χ1v) is 5.30. The molecule has 1 aromatic rings. The number of ether oxygens (including phenoxy) is 1. The summed E-state index contributed by atoms with van der Waals surface area (Å²) < 4.78 is 56.4. The molecule has 6 heteroatoms. The first-order valence-electron chi connectivity index (χ1n) is 5.30. The molecule has 0 radical (unpaired) electrons. The molecule has 0 atom stereocenters. The Labute approximate surface area is 102 Å². The van der Waals surface area contributed by atoms with E-state index in [-0.39, 0.29) is 18.4 Å². The molecule has 0 fully saturated rings. The second kappa shape index (κ2) is 5.84. The summed E-state index contributed by atoms with van der Waals surface area (Å²) >= 11 is 0. The topological polar surface area (TPSA) is 26.3 Å². The maximum Gasteiger partial charge on any atom is 0.203 e. The van der Waals surface area contributed by atoms with Crippen molar-refractivity contribution in [1.29, 1.82) is 0 Å². The van der Waals surface area contributed by atoms with Gasteiger partial charge in [-0.3, -0.25) is 4.79 Å². The van der Waals surface area contributed by atoms with Crippen molar-refractivity contribution >= 4 is 5.78 Å². The van der Waals surface area contributed by atoms with Gasteiger partial charge in [0.2, 0.25) is 11.6 Å². The zero-order valence-corrected chi connectivity index (χ0v) is 9.90. The standard InChI is InChI=1S/C12H12F4O2/c1-6(2)3-7(17)5-18-12-10(15)8(13)4-9(14)11(12)16/h4,6H,3,5H2,1-2H3. The lowest BCUT2D eigenvalue weighted by Crippen LogP contribution is -2.15. The molecular formula is C12H12F4O2. The highest BCUT2D eigenvalue weighted by Crippen LogP contribution is 2.26. The normalized spacial score (nSPS) is 10.8. The van der Waals surface area contributed by atoms with Crippen LogP contribution in [0.1, 0.15) is 20.3 Å². The third kappa shape index (κ3) is 3.45. The number of Topliss-reactive ketones (excluding diaryl/α,β-unsaturated/α-hetero) is 1. The fraction of sp³-hybridized carbons (Fsp3) is 0.417. The van der Waals surface area contributed by atoms with Gasteiger partial charge in [0.15, 0.2) is 23.2 Å². The fourth-order valence-corrected chi connectivity index (χ4v) is 1.34. The van der Waals surface area contributed by atoms with Crippen LogP contribution in [-0.2, 0) is 4.79 Å². The number of rotatable bonds is 5. The summed E-state index contributed by atoms with van der Waals surface area (Å²) in [6.07, 6.45) is 0.154. The molecule has 0 aliphatic heterocycles. The van der Waals surface area contributed by atoms with E-state index in [1.165, 1.54) is 0 Å². The zero-order valence-electron chi connectivity index (χ0n) is 9.90. The van der Waals surface area contributed by atoms with Gasteiger partial charge in [-0.25, -0.2) is 8.78 Å². The van der Waals surface area contributed by atoms with Crippen LogP contribution in [0.15, 0.2) is 6.07 Å². The minimum atomic E-state index is -1.65. The van der Waals surface area contributed by atoms with Gasteiger partial charge in [-0.15, -0.1) is 0 Å². The van der Waals surface area contributed by atoms with Gasteiger partial charge in [0.25, 0.3) is 0 Å². The molecular weight excluding hydrogens is 252 g/mol. The Kier molecular flexibility index (Phi) is 4.69.